The van der Waals surface area contributed by atoms with Crippen molar-refractivity contribution in [3.05, 3.63) is 35.0 Å². The largest absolute Gasteiger partial charge is 0.239 e. The molecule has 0 spiro atoms. The maximum atomic E-state index is 5.91. The second kappa shape index (κ2) is 3.38. The molecule has 2 aromatic rings. The third-order valence-electron chi connectivity index (χ3n) is 1.85. The number of aryl methyl sites for hydroxylation is 2. The van der Waals surface area contributed by atoms with Gasteiger partial charge in [-0.05, 0) is 19.9 Å². The summed E-state index contributed by atoms with van der Waals surface area (Å²) in [5, 5.41) is 4.63. The second-order valence-electron chi connectivity index (χ2n) is 3.01. The van der Waals surface area contributed by atoms with Gasteiger partial charge in [-0.25, -0.2) is 14.6 Å². The van der Waals surface area contributed by atoms with Crippen LogP contribution in [0.4, 0.5) is 0 Å². The van der Waals surface area contributed by atoms with E-state index in [0.717, 1.165) is 11.4 Å². The maximum absolute atomic E-state index is 5.91. The van der Waals surface area contributed by atoms with Gasteiger partial charge in [-0.1, -0.05) is 11.6 Å². The molecule has 2 heterocycles. The first-order chi connectivity index (χ1) is 6.68. The van der Waals surface area contributed by atoms with E-state index in [1.165, 1.54) is 0 Å². The molecule has 0 amide bonds. The van der Waals surface area contributed by atoms with Gasteiger partial charge in [0.15, 0.2) is 11.0 Å². The van der Waals surface area contributed by atoms with E-state index in [9.17, 15) is 0 Å². The quantitative estimate of drug-likeness (QED) is 0.719. The average Bonchev–Trinajstić information content (AvgIpc) is 2.46. The lowest BCUT2D eigenvalue weighted by molar-refractivity contribution is 0.799. The molecule has 0 atom stereocenters. The smallest absolute Gasteiger partial charge is 0.191 e. The molecule has 0 aliphatic rings. The second-order valence-corrected chi connectivity index (χ2v) is 3.37. The topological polar surface area (TPSA) is 43.6 Å². The molecule has 0 aromatic carbocycles. The number of hydrogen-bond acceptors (Lipinski definition) is 3. The summed E-state index contributed by atoms with van der Waals surface area (Å²) in [6.07, 6.45) is 3.15. The Morgan fingerprint density at radius 3 is 2.50 bits per heavy atom. The van der Waals surface area contributed by atoms with Gasteiger partial charge in [0.1, 0.15) is 0 Å². The van der Waals surface area contributed by atoms with Crippen LogP contribution in [0.1, 0.15) is 11.4 Å². The van der Waals surface area contributed by atoms with Gasteiger partial charge in [-0.15, -0.1) is 0 Å². The average molecular weight is 209 g/mol. The van der Waals surface area contributed by atoms with Crippen LogP contribution in [0.5, 0.6) is 0 Å². The minimum absolute atomic E-state index is 0.360. The third kappa shape index (κ3) is 1.48. The minimum atomic E-state index is 0.360. The Kier molecular flexibility index (Phi) is 2.21. The fraction of sp³-hybridized carbons (Fsp3) is 0.222. The van der Waals surface area contributed by atoms with Gasteiger partial charge in [0, 0.05) is 18.1 Å². The highest BCUT2D eigenvalue weighted by molar-refractivity contribution is 6.30. The third-order valence-corrected chi connectivity index (χ3v) is 2.11. The normalized spacial score (nSPS) is 10.5. The van der Waals surface area contributed by atoms with E-state index in [2.05, 4.69) is 15.1 Å². The van der Waals surface area contributed by atoms with Crippen molar-refractivity contribution in [3.63, 3.8) is 0 Å². The summed E-state index contributed by atoms with van der Waals surface area (Å²) in [5.74, 6) is 0.569. The zero-order chi connectivity index (χ0) is 10.1. The first kappa shape index (κ1) is 9.15. The predicted octanol–water partition coefficient (Wildman–Crippen LogP) is 1.93. The maximum Gasteiger partial charge on any atom is 0.191 e. The van der Waals surface area contributed by atoms with Crippen LogP contribution < -0.4 is 0 Å². The van der Waals surface area contributed by atoms with Crippen LogP contribution in [0.3, 0.4) is 0 Å². The van der Waals surface area contributed by atoms with E-state index in [1.807, 2.05) is 19.9 Å². The molecule has 0 bridgehead atoms. The zero-order valence-corrected chi connectivity index (χ0v) is 8.65. The van der Waals surface area contributed by atoms with Gasteiger partial charge in [0.05, 0.1) is 5.69 Å². The standard InChI is InChI=1S/C9H9ClN4/c1-6-5-7(2)14(13-6)9-8(10)11-3-4-12-9/h3-5H,1-2H3. The van der Waals surface area contributed by atoms with Crippen LogP contribution in [0.25, 0.3) is 5.82 Å². The molecular weight excluding hydrogens is 200 g/mol. The van der Waals surface area contributed by atoms with E-state index in [1.54, 1.807) is 17.1 Å². The van der Waals surface area contributed by atoms with Crippen molar-refractivity contribution in [3.8, 4) is 5.82 Å². The fourth-order valence-corrected chi connectivity index (χ4v) is 1.48. The molecular formula is C9H9ClN4. The molecule has 0 radical (unpaired) electrons. The molecule has 0 saturated carbocycles. The highest BCUT2D eigenvalue weighted by Gasteiger charge is 2.08. The monoisotopic (exact) mass is 208 g/mol. The lowest BCUT2D eigenvalue weighted by Crippen LogP contribution is -2.03. The number of nitrogens with zero attached hydrogens (tertiary/aromatic N) is 4. The number of rotatable bonds is 1. The summed E-state index contributed by atoms with van der Waals surface area (Å²) < 4.78 is 1.69. The van der Waals surface area contributed by atoms with Gasteiger partial charge >= 0.3 is 0 Å². The van der Waals surface area contributed by atoms with Crippen LogP contribution in [0, 0.1) is 13.8 Å². The Bertz CT molecular complexity index is 464. The molecule has 2 aromatic heterocycles. The molecule has 0 fully saturated rings. The number of hydrogen-bond donors (Lipinski definition) is 0. The van der Waals surface area contributed by atoms with E-state index in [-0.39, 0.29) is 0 Å². The van der Waals surface area contributed by atoms with E-state index in [0.29, 0.717) is 11.0 Å². The van der Waals surface area contributed by atoms with E-state index >= 15 is 0 Å². The van der Waals surface area contributed by atoms with Gasteiger partial charge < -0.3 is 0 Å². The van der Waals surface area contributed by atoms with Crippen LogP contribution in [-0.4, -0.2) is 19.7 Å². The SMILES string of the molecule is Cc1cc(C)n(-c2nccnc2Cl)n1. The lowest BCUT2D eigenvalue weighted by atomic mass is 10.4. The highest BCUT2D eigenvalue weighted by atomic mass is 35.5. The predicted molar refractivity (Wildman–Crippen MR) is 53.6 cm³/mol. The first-order valence-corrected chi connectivity index (χ1v) is 4.56. The van der Waals surface area contributed by atoms with Gasteiger partial charge in [-0.2, -0.15) is 5.10 Å². The van der Waals surface area contributed by atoms with E-state index < -0.39 is 0 Å². The highest BCUT2D eigenvalue weighted by Crippen LogP contribution is 2.15. The zero-order valence-electron chi connectivity index (χ0n) is 7.90. The molecule has 5 heteroatoms. The van der Waals surface area contributed by atoms with Crippen molar-refractivity contribution in [2.75, 3.05) is 0 Å². The fourth-order valence-electron chi connectivity index (χ4n) is 1.30. The summed E-state index contributed by atoms with van der Waals surface area (Å²) in [6, 6.07) is 1.96. The molecule has 0 unspecified atom stereocenters. The van der Waals surface area contributed by atoms with Gasteiger partial charge in [0.2, 0.25) is 0 Å². The molecule has 4 nitrogen and oxygen atoms in total. The van der Waals surface area contributed by atoms with Crippen LogP contribution >= 0.6 is 11.6 Å². The number of aromatic nitrogens is 4. The van der Waals surface area contributed by atoms with Crippen LogP contribution in [0.15, 0.2) is 18.5 Å². The van der Waals surface area contributed by atoms with Crippen molar-refractivity contribution in [1.29, 1.82) is 0 Å². The Morgan fingerprint density at radius 1 is 1.21 bits per heavy atom. The van der Waals surface area contributed by atoms with Gasteiger partial charge in [-0.3, -0.25) is 0 Å². The summed E-state index contributed by atoms with van der Waals surface area (Å²) in [5.41, 5.74) is 1.93. The Labute approximate surface area is 86.6 Å². The lowest BCUT2D eigenvalue weighted by Gasteiger charge is -2.03. The van der Waals surface area contributed by atoms with Crippen LogP contribution in [-0.2, 0) is 0 Å². The Balaban J connectivity index is 2.60. The Hall–Kier alpha value is -1.42. The molecule has 2 rings (SSSR count). The van der Waals surface area contributed by atoms with Crippen molar-refractivity contribution >= 4 is 11.6 Å². The Morgan fingerprint density at radius 2 is 1.93 bits per heavy atom. The summed E-state index contributed by atoms with van der Waals surface area (Å²) in [4.78, 5) is 8.08. The summed E-state index contributed by atoms with van der Waals surface area (Å²) in [6.45, 7) is 3.87. The van der Waals surface area contributed by atoms with Crippen molar-refractivity contribution < 1.29 is 0 Å². The molecule has 14 heavy (non-hydrogen) atoms. The minimum Gasteiger partial charge on any atom is -0.239 e. The summed E-state index contributed by atoms with van der Waals surface area (Å²) in [7, 11) is 0. The van der Waals surface area contributed by atoms with Crippen molar-refractivity contribution in [1.82, 2.24) is 19.7 Å². The van der Waals surface area contributed by atoms with E-state index in [4.69, 9.17) is 11.6 Å². The van der Waals surface area contributed by atoms with Crippen molar-refractivity contribution in [2.24, 2.45) is 0 Å². The number of halogens is 1. The molecule has 0 saturated heterocycles. The molecule has 0 aliphatic heterocycles. The molecule has 0 aliphatic carbocycles. The van der Waals surface area contributed by atoms with Crippen molar-refractivity contribution in [2.45, 2.75) is 13.8 Å². The van der Waals surface area contributed by atoms with Crippen LogP contribution in [0.2, 0.25) is 5.15 Å². The first-order valence-electron chi connectivity index (χ1n) is 4.18. The molecule has 0 N–H and O–H groups in total. The molecule has 72 valence electrons. The van der Waals surface area contributed by atoms with Gasteiger partial charge in [0.25, 0.3) is 0 Å². The summed E-state index contributed by atoms with van der Waals surface area (Å²) >= 11 is 5.91.